The summed E-state index contributed by atoms with van der Waals surface area (Å²) in [7, 11) is 0. The van der Waals surface area contributed by atoms with Crippen LogP contribution in [0.5, 0.6) is 0 Å². The molecule has 3 heteroatoms. The largest absolute Gasteiger partial charge is 0.385 e. The second-order valence-electron chi connectivity index (χ2n) is 4.41. The third kappa shape index (κ3) is 2.83. The summed E-state index contributed by atoms with van der Waals surface area (Å²) in [5, 5.41) is 12.3. The molecule has 0 saturated carbocycles. The molecule has 1 N–H and O–H groups in total. The molecular formula is C12H15ClOS. The number of halogens is 1. The Bertz CT molecular complexity index is 371. The van der Waals surface area contributed by atoms with Crippen LogP contribution in [0.4, 0.5) is 0 Å². The highest BCUT2D eigenvalue weighted by Crippen LogP contribution is 2.31. The Morgan fingerprint density at radius 2 is 2.47 bits per heavy atom. The topological polar surface area (TPSA) is 20.2 Å². The third-order valence-corrected chi connectivity index (χ3v) is 4.04. The molecule has 82 valence electrons. The van der Waals surface area contributed by atoms with Gasteiger partial charge in [-0.3, -0.25) is 0 Å². The van der Waals surface area contributed by atoms with Crippen molar-refractivity contribution < 1.29 is 5.11 Å². The van der Waals surface area contributed by atoms with Crippen molar-refractivity contribution in [1.82, 2.24) is 0 Å². The Morgan fingerprint density at radius 1 is 1.67 bits per heavy atom. The summed E-state index contributed by atoms with van der Waals surface area (Å²) in [4.78, 5) is 0. The minimum Gasteiger partial charge on any atom is -0.385 e. The quantitative estimate of drug-likeness (QED) is 0.785. The normalized spacial score (nSPS) is 30.7. The van der Waals surface area contributed by atoms with E-state index in [1.165, 1.54) is 11.3 Å². The molecule has 0 radical (unpaired) electrons. The van der Waals surface area contributed by atoms with Crippen LogP contribution < -0.4 is 0 Å². The Kier molecular flexibility index (Phi) is 3.19. The van der Waals surface area contributed by atoms with Gasteiger partial charge in [-0.05, 0) is 35.8 Å². The van der Waals surface area contributed by atoms with Crippen LogP contribution in [0.3, 0.4) is 0 Å². The Morgan fingerprint density at radius 3 is 3.00 bits per heavy atom. The molecular weight excluding hydrogens is 228 g/mol. The molecule has 0 spiro atoms. The first-order chi connectivity index (χ1) is 7.07. The molecule has 1 aromatic rings. The van der Waals surface area contributed by atoms with Crippen molar-refractivity contribution in [1.29, 1.82) is 0 Å². The zero-order chi connectivity index (χ0) is 10.9. The summed E-state index contributed by atoms with van der Waals surface area (Å²) in [5.41, 5.74) is 0.475. The van der Waals surface area contributed by atoms with Crippen molar-refractivity contribution >= 4 is 22.9 Å². The zero-order valence-electron chi connectivity index (χ0n) is 8.74. The van der Waals surface area contributed by atoms with E-state index in [0.717, 1.165) is 22.7 Å². The summed E-state index contributed by atoms with van der Waals surface area (Å²) in [5.74, 6) is 0.594. The monoisotopic (exact) mass is 242 g/mol. The number of aliphatic hydroxyl groups is 1. The molecule has 2 rings (SSSR count). The van der Waals surface area contributed by atoms with Gasteiger partial charge in [0.25, 0.3) is 0 Å². The maximum atomic E-state index is 10.3. The first kappa shape index (κ1) is 11.2. The van der Waals surface area contributed by atoms with Crippen LogP contribution in [0.25, 0.3) is 0 Å². The lowest BCUT2D eigenvalue weighted by Gasteiger charge is -2.29. The fourth-order valence-corrected chi connectivity index (χ4v) is 2.85. The molecule has 1 aliphatic carbocycles. The van der Waals surface area contributed by atoms with E-state index >= 15 is 0 Å². The van der Waals surface area contributed by atoms with Gasteiger partial charge >= 0.3 is 0 Å². The predicted octanol–water partition coefficient (Wildman–Crippen LogP) is 3.66. The summed E-state index contributed by atoms with van der Waals surface area (Å²) < 4.78 is 0.793. The number of hydrogen-bond acceptors (Lipinski definition) is 2. The molecule has 1 aliphatic rings. The van der Waals surface area contributed by atoms with E-state index in [-0.39, 0.29) is 0 Å². The van der Waals surface area contributed by atoms with Gasteiger partial charge in [0.2, 0.25) is 0 Å². The van der Waals surface area contributed by atoms with Crippen molar-refractivity contribution in [2.45, 2.75) is 31.8 Å². The van der Waals surface area contributed by atoms with Gasteiger partial charge < -0.3 is 5.11 Å². The lowest BCUT2D eigenvalue weighted by Crippen LogP contribution is -2.31. The van der Waals surface area contributed by atoms with E-state index in [1.807, 2.05) is 17.5 Å². The van der Waals surface area contributed by atoms with E-state index in [9.17, 15) is 5.11 Å². The zero-order valence-corrected chi connectivity index (χ0v) is 10.3. The summed E-state index contributed by atoms with van der Waals surface area (Å²) in [6.07, 6.45) is 6.65. The van der Waals surface area contributed by atoms with Crippen molar-refractivity contribution in [2.75, 3.05) is 0 Å². The van der Waals surface area contributed by atoms with Crippen LogP contribution in [-0.2, 0) is 6.42 Å². The number of rotatable bonds is 2. The highest BCUT2D eigenvalue weighted by Gasteiger charge is 2.27. The average molecular weight is 243 g/mol. The maximum absolute atomic E-state index is 10.3. The van der Waals surface area contributed by atoms with Gasteiger partial charge in [0.15, 0.2) is 0 Å². The van der Waals surface area contributed by atoms with Crippen molar-refractivity contribution in [3.63, 3.8) is 0 Å². The van der Waals surface area contributed by atoms with Gasteiger partial charge in [-0.1, -0.05) is 30.7 Å². The standard InChI is InChI=1S/C12H15ClOS/c1-9-2-4-12(14,5-3-9)7-10-6-11(13)15-8-10/h2,4,6,8-9,14H,3,5,7H2,1H3. The lowest BCUT2D eigenvalue weighted by atomic mass is 9.82. The minimum absolute atomic E-state index is 0.594. The van der Waals surface area contributed by atoms with Gasteiger partial charge in [-0.15, -0.1) is 11.3 Å². The van der Waals surface area contributed by atoms with Crippen LogP contribution in [-0.4, -0.2) is 10.7 Å². The molecule has 0 saturated heterocycles. The smallest absolute Gasteiger partial charge is 0.0931 e. The molecule has 0 amide bonds. The number of thiophene rings is 1. The molecule has 0 bridgehead atoms. The highest BCUT2D eigenvalue weighted by atomic mass is 35.5. The van der Waals surface area contributed by atoms with Crippen LogP contribution >= 0.6 is 22.9 Å². The van der Waals surface area contributed by atoms with E-state index < -0.39 is 5.60 Å². The van der Waals surface area contributed by atoms with Gasteiger partial charge in [0.05, 0.1) is 9.94 Å². The first-order valence-electron chi connectivity index (χ1n) is 5.22. The third-order valence-electron chi connectivity index (χ3n) is 2.90. The SMILES string of the molecule is CC1C=CC(O)(Cc2csc(Cl)c2)CC1. The molecule has 15 heavy (non-hydrogen) atoms. The molecule has 1 heterocycles. The summed E-state index contributed by atoms with van der Waals surface area (Å²) >= 11 is 7.39. The maximum Gasteiger partial charge on any atom is 0.0931 e. The van der Waals surface area contributed by atoms with E-state index in [0.29, 0.717) is 12.3 Å². The Hall–Kier alpha value is -0.310. The number of allylic oxidation sites excluding steroid dienone is 1. The minimum atomic E-state index is -0.656. The second-order valence-corrected chi connectivity index (χ2v) is 5.96. The predicted molar refractivity (Wildman–Crippen MR) is 65.5 cm³/mol. The van der Waals surface area contributed by atoms with E-state index in [2.05, 4.69) is 13.0 Å². The van der Waals surface area contributed by atoms with Crippen LogP contribution in [0.2, 0.25) is 4.34 Å². The van der Waals surface area contributed by atoms with Crippen molar-refractivity contribution in [2.24, 2.45) is 5.92 Å². The highest BCUT2D eigenvalue weighted by molar-refractivity contribution is 7.14. The summed E-state index contributed by atoms with van der Waals surface area (Å²) in [6, 6.07) is 1.94. The molecule has 0 fully saturated rings. The fraction of sp³-hybridized carbons (Fsp3) is 0.500. The molecule has 2 unspecified atom stereocenters. The average Bonchev–Trinajstić information content (AvgIpc) is 2.57. The van der Waals surface area contributed by atoms with E-state index in [1.54, 1.807) is 0 Å². The van der Waals surface area contributed by atoms with Gasteiger partial charge in [-0.2, -0.15) is 0 Å². The molecule has 1 nitrogen and oxygen atoms in total. The van der Waals surface area contributed by atoms with Gasteiger partial charge in [0.1, 0.15) is 0 Å². The molecule has 2 atom stereocenters. The molecule has 0 aromatic carbocycles. The fourth-order valence-electron chi connectivity index (χ4n) is 1.94. The van der Waals surface area contributed by atoms with Crippen LogP contribution in [0, 0.1) is 5.92 Å². The molecule has 0 aliphatic heterocycles. The van der Waals surface area contributed by atoms with Gasteiger partial charge in [-0.25, -0.2) is 0 Å². The summed E-state index contributed by atoms with van der Waals surface area (Å²) in [6.45, 7) is 2.18. The van der Waals surface area contributed by atoms with Crippen LogP contribution in [0.15, 0.2) is 23.6 Å². The molecule has 1 aromatic heterocycles. The van der Waals surface area contributed by atoms with Gasteiger partial charge in [0, 0.05) is 6.42 Å². The number of hydrogen-bond donors (Lipinski definition) is 1. The van der Waals surface area contributed by atoms with Crippen molar-refractivity contribution in [3.8, 4) is 0 Å². The second kappa shape index (κ2) is 4.28. The Labute approximate surface area is 99.4 Å². The first-order valence-corrected chi connectivity index (χ1v) is 6.48. The van der Waals surface area contributed by atoms with Crippen molar-refractivity contribution in [3.05, 3.63) is 33.5 Å². The van der Waals surface area contributed by atoms with E-state index in [4.69, 9.17) is 11.6 Å². The van der Waals surface area contributed by atoms with Crippen LogP contribution in [0.1, 0.15) is 25.3 Å². The Balaban J connectivity index is 2.08. The lowest BCUT2D eigenvalue weighted by molar-refractivity contribution is 0.0701.